The number of hydrogen-bond acceptors (Lipinski definition) is 3. The normalized spacial score (nSPS) is 10.9. The zero-order valence-corrected chi connectivity index (χ0v) is 11.2. The third-order valence-corrected chi connectivity index (χ3v) is 3.39. The molecule has 2 aromatic carbocycles. The number of nitrogens with zero attached hydrogens (tertiary/aromatic N) is 2. The Morgan fingerprint density at radius 3 is 2.80 bits per heavy atom. The smallest absolute Gasteiger partial charge is 0.172 e. The highest BCUT2D eigenvalue weighted by Gasteiger charge is 2.14. The topological polar surface area (TPSA) is 53.1 Å². The molecular weight excluding hydrogens is 257 g/mol. The Labute approximate surface area is 115 Å². The number of aromatic nitrogens is 2. The number of nitrogen functional groups attached to an aromatic ring is 1. The first kappa shape index (κ1) is 12.5. The molecule has 0 unspecified atom stereocenters. The summed E-state index contributed by atoms with van der Waals surface area (Å²) in [5.74, 6) is -0.213. The molecule has 0 radical (unpaired) electrons. The minimum Gasteiger partial charge on any atom is -0.494 e. The summed E-state index contributed by atoms with van der Waals surface area (Å²) in [6, 6.07) is 8.65. The van der Waals surface area contributed by atoms with Gasteiger partial charge >= 0.3 is 0 Å². The summed E-state index contributed by atoms with van der Waals surface area (Å²) in [4.78, 5) is 0. The van der Waals surface area contributed by atoms with Gasteiger partial charge in [-0.1, -0.05) is 12.1 Å². The van der Waals surface area contributed by atoms with E-state index in [1.807, 2.05) is 13.1 Å². The maximum atomic E-state index is 14.4. The molecule has 3 aromatic rings. The van der Waals surface area contributed by atoms with Crippen LogP contribution < -0.4 is 10.5 Å². The van der Waals surface area contributed by atoms with Gasteiger partial charge in [-0.25, -0.2) is 4.39 Å². The maximum absolute atomic E-state index is 14.4. The van der Waals surface area contributed by atoms with Gasteiger partial charge in [0.05, 0.1) is 18.8 Å². The number of halogens is 1. The summed E-state index contributed by atoms with van der Waals surface area (Å²) in [5.41, 5.74) is 8.51. The number of ether oxygens (including phenoxy) is 1. The van der Waals surface area contributed by atoms with Gasteiger partial charge in [0.1, 0.15) is 0 Å². The van der Waals surface area contributed by atoms with Crippen molar-refractivity contribution >= 4 is 16.6 Å². The Balaban J connectivity index is 2.28. The van der Waals surface area contributed by atoms with Gasteiger partial charge in [-0.15, -0.1) is 0 Å². The lowest BCUT2D eigenvalue weighted by molar-refractivity contribution is 0.387. The molecule has 4 nitrogen and oxygen atoms in total. The van der Waals surface area contributed by atoms with Crippen LogP contribution in [0.2, 0.25) is 0 Å². The van der Waals surface area contributed by atoms with Gasteiger partial charge in [0.25, 0.3) is 0 Å². The quantitative estimate of drug-likeness (QED) is 0.729. The van der Waals surface area contributed by atoms with Crippen LogP contribution in [0.4, 0.5) is 10.1 Å². The molecule has 2 N–H and O–H groups in total. The van der Waals surface area contributed by atoms with Gasteiger partial charge in [-0.3, -0.25) is 4.68 Å². The van der Waals surface area contributed by atoms with Gasteiger partial charge < -0.3 is 10.5 Å². The van der Waals surface area contributed by atoms with Crippen molar-refractivity contribution in [1.29, 1.82) is 0 Å². The molecule has 0 bridgehead atoms. The van der Waals surface area contributed by atoms with Crippen molar-refractivity contribution in [3.8, 4) is 16.9 Å². The van der Waals surface area contributed by atoms with E-state index in [9.17, 15) is 4.39 Å². The predicted molar refractivity (Wildman–Crippen MR) is 77.1 cm³/mol. The lowest BCUT2D eigenvalue weighted by atomic mass is 10.0. The highest BCUT2D eigenvalue weighted by molar-refractivity contribution is 5.91. The lowest BCUT2D eigenvalue weighted by Gasteiger charge is -2.10. The number of fused-ring (bicyclic) bond motifs is 1. The van der Waals surface area contributed by atoms with Crippen molar-refractivity contribution in [3.05, 3.63) is 42.3 Å². The predicted octanol–water partition coefficient (Wildman–Crippen LogP) is 2.97. The Morgan fingerprint density at radius 1 is 1.25 bits per heavy atom. The average molecular weight is 271 g/mol. The molecule has 3 rings (SSSR count). The molecule has 0 fully saturated rings. The fraction of sp³-hybridized carbons (Fsp3) is 0.133. The minimum atomic E-state index is -0.414. The second-order valence-corrected chi connectivity index (χ2v) is 4.59. The molecule has 0 amide bonds. The number of rotatable bonds is 2. The van der Waals surface area contributed by atoms with Crippen molar-refractivity contribution < 1.29 is 9.13 Å². The van der Waals surface area contributed by atoms with Crippen molar-refractivity contribution in [2.24, 2.45) is 7.05 Å². The Bertz CT molecular complexity index is 795. The third-order valence-electron chi connectivity index (χ3n) is 3.39. The molecule has 0 saturated carbocycles. The molecule has 102 valence electrons. The molecule has 1 aromatic heterocycles. The van der Waals surface area contributed by atoms with Crippen LogP contribution in [0.15, 0.2) is 36.5 Å². The van der Waals surface area contributed by atoms with Crippen molar-refractivity contribution in [2.75, 3.05) is 12.8 Å². The first-order chi connectivity index (χ1) is 9.61. The molecule has 5 heteroatoms. The van der Waals surface area contributed by atoms with Crippen LogP contribution in [0.25, 0.3) is 22.0 Å². The average Bonchev–Trinajstić information content (AvgIpc) is 2.79. The summed E-state index contributed by atoms with van der Waals surface area (Å²) < 4.78 is 21.1. The van der Waals surface area contributed by atoms with Crippen LogP contribution in [0, 0.1) is 5.82 Å². The number of hydrogen-bond donors (Lipinski definition) is 1. The standard InChI is InChI=1S/C15H14FN3O/c1-19-13-7-11(12(17)6-9(13)8-18-19)10-4-3-5-14(20-2)15(10)16/h3-8H,17H2,1-2H3. The Morgan fingerprint density at radius 2 is 2.05 bits per heavy atom. The van der Waals surface area contributed by atoms with E-state index in [2.05, 4.69) is 5.10 Å². The number of nitrogens with two attached hydrogens (primary N) is 1. The number of benzene rings is 2. The van der Waals surface area contributed by atoms with Crippen LogP contribution in [0.1, 0.15) is 0 Å². The van der Waals surface area contributed by atoms with Crippen molar-refractivity contribution in [3.63, 3.8) is 0 Å². The summed E-state index contributed by atoms with van der Waals surface area (Å²) in [5, 5.41) is 5.10. The van der Waals surface area contributed by atoms with Crippen LogP contribution in [0.3, 0.4) is 0 Å². The molecule has 20 heavy (non-hydrogen) atoms. The van der Waals surface area contributed by atoms with E-state index in [0.29, 0.717) is 16.8 Å². The molecule has 0 spiro atoms. The highest BCUT2D eigenvalue weighted by atomic mass is 19.1. The van der Waals surface area contributed by atoms with Crippen LogP contribution in [0.5, 0.6) is 5.75 Å². The first-order valence-corrected chi connectivity index (χ1v) is 6.16. The molecule has 0 aliphatic heterocycles. The molecule has 0 aliphatic carbocycles. The van der Waals surface area contributed by atoms with Gasteiger partial charge in [0, 0.05) is 29.2 Å². The van der Waals surface area contributed by atoms with E-state index in [1.165, 1.54) is 7.11 Å². The van der Waals surface area contributed by atoms with E-state index in [-0.39, 0.29) is 5.75 Å². The highest BCUT2D eigenvalue weighted by Crippen LogP contribution is 2.34. The van der Waals surface area contributed by atoms with Gasteiger partial charge in [0.15, 0.2) is 11.6 Å². The zero-order valence-electron chi connectivity index (χ0n) is 11.2. The lowest BCUT2D eigenvalue weighted by Crippen LogP contribution is -1.96. The van der Waals surface area contributed by atoms with Gasteiger partial charge in [0.2, 0.25) is 0 Å². The SMILES string of the molecule is COc1cccc(-c2cc3c(cnn3C)cc2N)c1F. The minimum absolute atomic E-state index is 0.201. The van der Waals surface area contributed by atoms with E-state index in [1.54, 1.807) is 35.1 Å². The second kappa shape index (κ2) is 4.52. The Hall–Kier alpha value is -2.56. The molecule has 1 heterocycles. The van der Waals surface area contributed by atoms with Gasteiger partial charge in [-0.05, 0) is 18.2 Å². The van der Waals surface area contributed by atoms with E-state index in [0.717, 1.165) is 10.9 Å². The summed E-state index contributed by atoms with van der Waals surface area (Å²) in [6.45, 7) is 0. The number of aryl methyl sites for hydroxylation is 1. The van der Waals surface area contributed by atoms with E-state index in [4.69, 9.17) is 10.5 Å². The summed E-state index contributed by atoms with van der Waals surface area (Å²) in [6.07, 6.45) is 1.73. The van der Waals surface area contributed by atoms with Crippen LogP contribution in [-0.2, 0) is 7.05 Å². The molecular formula is C15H14FN3O. The van der Waals surface area contributed by atoms with Crippen molar-refractivity contribution in [1.82, 2.24) is 9.78 Å². The maximum Gasteiger partial charge on any atom is 0.172 e. The number of anilines is 1. The fourth-order valence-corrected chi connectivity index (χ4v) is 2.33. The monoisotopic (exact) mass is 271 g/mol. The van der Waals surface area contributed by atoms with Crippen LogP contribution in [-0.4, -0.2) is 16.9 Å². The number of methoxy groups -OCH3 is 1. The van der Waals surface area contributed by atoms with Gasteiger partial charge in [-0.2, -0.15) is 5.10 Å². The fourth-order valence-electron chi connectivity index (χ4n) is 2.33. The molecule has 0 aliphatic rings. The zero-order chi connectivity index (χ0) is 14.3. The van der Waals surface area contributed by atoms with Crippen LogP contribution >= 0.6 is 0 Å². The molecule has 0 atom stereocenters. The Kier molecular flexibility index (Phi) is 2.82. The van der Waals surface area contributed by atoms with E-state index < -0.39 is 5.82 Å². The summed E-state index contributed by atoms with van der Waals surface area (Å²) >= 11 is 0. The third kappa shape index (κ3) is 1.79. The van der Waals surface area contributed by atoms with Crippen molar-refractivity contribution in [2.45, 2.75) is 0 Å². The second-order valence-electron chi connectivity index (χ2n) is 4.59. The first-order valence-electron chi connectivity index (χ1n) is 6.16. The van der Waals surface area contributed by atoms with E-state index >= 15 is 0 Å². The largest absolute Gasteiger partial charge is 0.494 e. The summed E-state index contributed by atoms with van der Waals surface area (Å²) in [7, 11) is 3.28. The molecule has 0 saturated heterocycles.